The van der Waals surface area contributed by atoms with Crippen LogP contribution < -0.4 is 15.4 Å². The number of methoxy groups -OCH3 is 1. The van der Waals surface area contributed by atoms with Gasteiger partial charge in [-0.1, -0.05) is 33.1 Å². The highest BCUT2D eigenvalue weighted by Gasteiger charge is 2.25. The quantitative estimate of drug-likeness (QED) is 0.797. The first-order valence-electron chi connectivity index (χ1n) is 9.24. The summed E-state index contributed by atoms with van der Waals surface area (Å²) in [5, 5.41) is 5.90. The van der Waals surface area contributed by atoms with Crippen LogP contribution in [0.25, 0.3) is 0 Å². The average molecular weight is 346 g/mol. The van der Waals surface area contributed by atoms with Crippen LogP contribution in [0, 0.1) is 11.8 Å². The van der Waals surface area contributed by atoms with Gasteiger partial charge in [-0.3, -0.25) is 9.59 Å². The van der Waals surface area contributed by atoms with E-state index in [4.69, 9.17) is 4.74 Å². The highest BCUT2D eigenvalue weighted by molar-refractivity contribution is 5.97. The lowest BCUT2D eigenvalue weighted by atomic mass is 9.89. The standard InChI is InChI=1S/C20H30N2O3/c1-14(2)18(20(24)21-13-15-7-5-4-6-8-15)22-19(23)16-9-11-17(25-3)12-10-16/h9-12,14-15,18H,4-8,13H2,1-3H3,(H,21,24)(H,22,23)/t18-/m1/s1. The van der Waals surface area contributed by atoms with Gasteiger partial charge in [-0.05, 0) is 48.9 Å². The van der Waals surface area contributed by atoms with Crippen molar-refractivity contribution in [2.45, 2.75) is 52.0 Å². The number of hydrogen-bond acceptors (Lipinski definition) is 3. The third kappa shape index (κ3) is 5.76. The average Bonchev–Trinajstić information content (AvgIpc) is 2.64. The van der Waals surface area contributed by atoms with Crippen LogP contribution in [-0.2, 0) is 4.79 Å². The van der Waals surface area contributed by atoms with Crippen molar-refractivity contribution in [1.82, 2.24) is 10.6 Å². The normalized spacial score (nSPS) is 16.3. The summed E-state index contributed by atoms with van der Waals surface area (Å²) in [5.74, 6) is 0.954. The zero-order valence-electron chi connectivity index (χ0n) is 15.5. The van der Waals surface area contributed by atoms with E-state index >= 15 is 0 Å². The van der Waals surface area contributed by atoms with Crippen molar-refractivity contribution in [1.29, 1.82) is 0 Å². The maximum atomic E-state index is 12.5. The van der Waals surface area contributed by atoms with Gasteiger partial charge < -0.3 is 15.4 Å². The Hall–Kier alpha value is -2.04. The molecule has 0 saturated heterocycles. The van der Waals surface area contributed by atoms with Gasteiger partial charge in [0.05, 0.1) is 7.11 Å². The van der Waals surface area contributed by atoms with Gasteiger partial charge in [0, 0.05) is 12.1 Å². The second-order valence-corrected chi connectivity index (χ2v) is 7.17. The Balaban J connectivity index is 1.91. The van der Waals surface area contributed by atoms with Crippen LogP contribution in [0.1, 0.15) is 56.3 Å². The first-order valence-corrected chi connectivity index (χ1v) is 9.24. The topological polar surface area (TPSA) is 67.4 Å². The van der Waals surface area contributed by atoms with Crippen LogP contribution in [0.5, 0.6) is 5.75 Å². The van der Waals surface area contributed by atoms with Crippen molar-refractivity contribution in [2.75, 3.05) is 13.7 Å². The molecule has 0 radical (unpaired) electrons. The van der Waals surface area contributed by atoms with E-state index in [0.29, 0.717) is 23.8 Å². The molecule has 0 aliphatic heterocycles. The van der Waals surface area contributed by atoms with Crippen molar-refractivity contribution < 1.29 is 14.3 Å². The summed E-state index contributed by atoms with van der Waals surface area (Å²) in [6, 6.07) is 6.35. The lowest BCUT2D eigenvalue weighted by Gasteiger charge is -2.25. The minimum Gasteiger partial charge on any atom is -0.497 e. The van der Waals surface area contributed by atoms with Crippen LogP contribution in [0.15, 0.2) is 24.3 Å². The Labute approximate surface area is 150 Å². The Morgan fingerprint density at radius 2 is 1.76 bits per heavy atom. The third-order valence-electron chi connectivity index (χ3n) is 4.88. The second kappa shape index (κ2) is 9.44. The van der Waals surface area contributed by atoms with E-state index in [1.807, 2.05) is 13.8 Å². The van der Waals surface area contributed by atoms with E-state index in [1.165, 1.54) is 32.1 Å². The molecule has 0 aromatic heterocycles. The van der Waals surface area contributed by atoms with Gasteiger partial charge in [0.15, 0.2) is 0 Å². The van der Waals surface area contributed by atoms with Gasteiger partial charge in [0.25, 0.3) is 5.91 Å². The number of nitrogens with one attached hydrogen (secondary N) is 2. The fourth-order valence-corrected chi connectivity index (χ4v) is 3.25. The minimum atomic E-state index is -0.529. The molecule has 5 heteroatoms. The lowest BCUT2D eigenvalue weighted by molar-refractivity contribution is -0.124. The maximum absolute atomic E-state index is 12.5. The molecule has 0 unspecified atom stereocenters. The van der Waals surface area contributed by atoms with E-state index in [9.17, 15) is 9.59 Å². The van der Waals surface area contributed by atoms with E-state index in [-0.39, 0.29) is 17.7 Å². The Morgan fingerprint density at radius 1 is 1.12 bits per heavy atom. The number of rotatable bonds is 7. The molecule has 0 heterocycles. The van der Waals surface area contributed by atoms with Crippen LogP contribution in [0.4, 0.5) is 0 Å². The van der Waals surface area contributed by atoms with Crippen molar-refractivity contribution in [3.8, 4) is 5.75 Å². The fourth-order valence-electron chi connectivity index (χ4n) is 3.25. The Bertz CT molecular complexity index is 563. The number of benzene rings is 1. The molecule has 5 nitrogen and oxygen atoms in total. The van der Waals surface area contributed by atoms with Crippen LogP contribution in [0.3, 0.4) is 0 Å². The molecular formula is C20H30N2O3. The van der Waals surface area contributed by atoms with Crippen LogP contribution in [0.2, 0.25) is 0 Å². The zero-order chi connectivity index (χ0) is 18.2. The number of ether oxygens (including phenoxy) is 1. The van der Waals surface area contributed by atoms with E-state index in [0.717, 1.165) is 0 Å². The number of hydrogen-bond donors (Lipinski definition) is 2. The summed E-state index contributed by atoms with van der Waals surface area (Å²) >= 11 is 0. The zero-order valence-corrected chi connectivity index (χ0v) is 15.5. The van der Waals surface area contributed by atoms with Gasteiger partial charge in [-0.2, -0.15) is 0 Å². The molecule has 138 valence electrons. The fraction of sp³-hybridized carbons (Fsp3) is 0.600. The highest BCUT2D eigenvalue weighted by Crippen LogP contribution is 2.22. The molecule has 1 aliphatic rings. The number of amides is 2. The number of carbonyl (C=O) groups is 2. The smallest absolute Gasteiger partial charge is 0.251 e. The second-order valence-electron chi connectivity index (χ2n) is 7.17. The highest BCUT2D eigenvalue weighted by atomic mass is 16.5. The van der Waals surface area contributed by atoms with E-state index in [2.05, 4.69) is 10.6 Å². The van der Waals surface area contributed by atoms with Gasteiger partial charge in [-0.15, -0.1) is 0 Å². The predicted molar refractivity (Wildman–Crippen MR) is 98.7 cm³/mol. The molecule has 1 fully saturated rings. The van der Waals surface area contributed by atoms with E-state index in [1.54, 1.807) is 31.4 Å². The SMILES string of the molecule is COc1ccc(C(=O)N[C@@H](C(=O)NCC2CCCCC2)C(C)C)cc1. The molecule has 1 saturated carbocycles. The molecule has 2 N–H and O–H groups in total. The first-order chi connectivity index (χ1) is 12.0. The monoisotopic (exact) mass is 346 g/mol. The summed E-state index contributed by atoms with van der Waals surface area (Å²) in [5.41, 5.74) is 0.520. The maximum Gasteiger partial charge on any atom is 0.251 e. The molecular weight excluding hydrogens is 316 g/mol. The molecule has 0 bridgehead atoms. The van der Waals surface area contributed by atoms with Gasteiger partial charge in [0.2, 0.25) is 5.91 Å². The van der Waals surface area contributed by atoms with Crippen LogP contribution in [-0.4, -0.2) is 31.5 Å². The Morgan fingerprint density at radius 3 is 2.32 bits per heavy atom. The Kier molecular flexibility index (Phi) is 7.29. The molecule has 1 aliphatic carbocycles. The van der Waals surface area contributed by atoms with Crippen molar-refractivity contribution in [3.05, 3.63) is 29.8 Å². The molecule has 1 aromatic rings. The first kappa shape index (κ1) is 19.3. The van der Waals surface area contributed by atoms with Gasteiger partial charge in [-0.25, -0.2) is 0 Å². The summed E-state index contributed by atoms with van der Waals surface area (Å²) in [4.78, 5) is 25.0. The summed E-state index contributed by atoms with van der Waals surface area (Å²) in [7, 11) is 1.58. The molecule has 1 atom stereocenters. The minimum absolute atomic E-state index is 0.0218. The summed E-state index contributed by atoms with van der Waals surface area (Å²) in [6.07, 6.45) is 6.18. The van der Waals surface area contributed by atoms with E-state index < -0.39 is 6.04 Å². The molecule has 2 rings (SSSR count). The van der Waals surface area contributed by atoms with Gasteiger partial charge in [0.1, 0.15) is 11.8 Å². The molecule has 2 amide bonds. The largest absolute Gasteiger partial charge is 0.497 e. The summed E-state index contributed by atoms with van der Waals surface area (Å²) < 4.78 is 5.10. The van der Waals surface area contributed by atoms with Crippen molar-refractivity contribution >= 4 is 11.8 Å². The van der Waals surface area contributed by atoms with Crippen molar-refractivity contribution in [3.63, 3.8) is 0 Å². The van der Waals surface area contributed by atoms with Gasteiger partial charge >= 0.3 is 0 Å². The number of carbonyl (C=O) groups excluding carboxylic acids is 2. The third-order valence-corrected chi connectivity index (χ3v) is 4.88. The van der Waals surface area contributed by atoms with Crippen LogP contribution >= 0.6 is 0 Å². The lowest BCUT2D eigenvalue weighted by Crippen LogP contribution is -2.50. The predicted octanol–water partition coefficient (Wildman–Crippen LogP) is 3.15. The molecule has 0 spiro atoms. The molecule has 25 heavy (non-hydrogen) atoms. The molecule has 1 aromatic carbocycles. The van der Waals surface area contributed by atoms with Crippen molar-refractivity contribution in [2.24, 2.45) is 11.8 Å². The summed E-state index contributed by atoms with van der Waals surface area (Å²) in [6.45, 7) is 4.60.